The van der Waals surface area contributed by atoms with Crippen molar-refractivity contribution in [1.82, 2.24) is 78.2 Å². The number of allylic oxidation sites excluding steroid dienone is 2. The summed E-state index contributed by atoms with van der Waals surface area (Å²) >= 11 is 0. The number of hydrogen-bond donors (Lipinski definition) is 3. The molecule has 22 heteroatoms. The third kappa shape index (κ3) is 17.3. The zero-order valence-corrected chi connectivity index (χ0v) is 52.9. The minimum absolute atomic E-state index is 0.0283. The van der Waals surface area contributed by atoms with Crippen LogP contribution in [0.15, 0.2) is 89.4 Å². The highest BCUT2D eigenvalue weighted by molar-refractivity contribution is 6.09. The van der Waals surface area contributed by atoms with Gasteiger partial charge in [0.25, 0.3) is 11.5 Å². The molecule has 0 atom stereocenters. The van der Waals surface area contributed by atoms with Crippen LogP contribution < -0.4 is 16.2 Å². The van der Waals surface area contributed by atoms with Crippen LogP contribution in [0.2, 0.25) is 0 Å². The molecule has 10 rings (SSSR count). The van der Waals surface area contributed by atoms with E-state index in [0.29, 0.717) is 58.0 Å². The Morgan fingerprint density at radius 2 is 1.07 bits per heavy atom. The lowest BCUT2D eigenvalue weighted by atomic mass is 10.1. The molecule has 0 bridgehead atoms. The number of aromatic nitrogens is 13. The second-order valence-corrected chi connectivity index (χ2v) is 20.6. The number of hydrogen-bond acceptors (Lipinski definition) is 15. The Labute approximate surface area is 484 Å². The first-order chi connectivity index (χ1) is 38.5. The number of fused-ring (bicyclic) bond motifs is 4. The first-order valence-corrected chi connectivity index (χ1v) is 28.0. The number of anilines is 1. The van der Waals surface area contributed by atoms with Crippen LogP contribution >= 0.6 is 0 Å². The predicted molar refractivity (Wildman–Crippen MR) is 330 cm³/mol. The smallest absolute Gasteiger partial charge is 0.279 e. The van der Waals surface area contributed by atoms with Crippen molar-refractivity contribution in [2.24, 2.45) is 12.0 Å². The fraction of sp³-hybridized carbons (Fsp3) is 0.483. The minimum atomic E-state index is -0.214. The summed E-state index contributed by atoms with van der Waals surface area (Å²) in [6, 6.07) is 3.75. The van der Waals surface area contributed by atoms with Crippen LogP contribution in [0.25, 0.3) is 33.4 Å². The number of carbonyl (C=O) groups excluding carboxylic acids is 3. The molecule has 3 aliphatic heterocycles. The standard InChI is InChI=1S/C11H15N3.C10H14N4.C10H16N2.C9H12N4O.C9H13NO2.C7H8N4O.2C2H6/c1-7(2)14-6-5-10-8(3)12-9(4)13-11(10)14;1-6(2)14-5-11-9-7(3)12-8(4)13-10(9)14;1-7(2)12-6-8(3)9(4)11-10(12)5;1-5(2)13-4-10-7-8(13)11-6(3)12-9(7)14;1-6(2)10-5-7(3)8(11)4-9(10)12;1-4-9-6-5(7(12)10-4)8-3-11(6)2;2*1-2/h5-7H,1-4H3;5-6H,1-4H3;6-7H,5H2,1-4H3;4-5H,1-3H3,(H,11,12,14);5-6H,4H2,1-3H3;3,9H,1H2,2H3,(H,10,12);2*1-2H3. The summed E-state index contributed by atoms with van der Waals surface area (Å²) < 4.78 is 7.87. The van der Waals surface area contributed by atoms with E-state index in [1.165, 1.54) is 5.57 Å². The molecule has 0 saturated carbocycles. The second kappa shape index (κ2) is 30.4. The van der Waals surface area contributed by atoms with Crippen molar-refractivity contribution in [3.63, 3.8) is 0 Å². The number of rotatable bonds is 5. The molecule has 0 fully saturated rings. The molecule has 82 heavy (non-hydrogen) atoms. The number of carbonyl (C=O) groups is 3. The van der Waals surface area contributed by atoms with Gasteiger partial charge in [-0.1, -0.05) is 40.9 Å². The van der Waals surface area contributed by atoms with Crippen molar-refractivity contribution in [2.75, 3.05) is 5.32 Å². The number of aromatic amines is 1. The number of ketones is 1. The Kier molecular flexibility index (Phi) is 25.2. The Bertz CT molecular complexity index is 3430. The zero-order valence-electron chi connectivity index (χ0n) is 52.9. The molecular weight excluding hydrogens is 1040 g/mol. The largest absolute Gasteiger partial charge is 0.331 e. The fourth-order valence-corrected chi connectivity index (χ4v) is 8.16. The van der Waals surface area contributed by atoms with Gasteiger partial charge in [-0.3, -0.25) is 19.2 Å². The van der Waals surface area contributed by atoms with Crippen molar-refractivity contribution in [3.8, 4) is 0 Å². The highest BCUT2D eigenvalue weighted by Crippen LogP contribution is 2.22. The van der Waals surface area contributed by atoms with Crippen molar-refractivity contribution in [1.29, 1.82) is 0 Å². The maximum atomic E-state index is 11.5. The summed E-state index contributed by atoms with van der Waals surface area (Å²) in [4.78, 5) is 89.7. The average molecular weight is 1130 g/mol. The van der Waals surface area contributed by atoms with Crippen molar-refractivity contribution in [2.45, 2.75) is 189 Å². The van der Waals surface area contributed by atoms with Gasteiger partial charge in [-0.25, -0.2) is 44.9 Å². The van der Waals surface area contributed by atoms with Crippen molar-refractivity contribution < 1.29 is 14.4 Å². The van der Waals surface area contributed by atoms with Gasteiger partial charge < -0.3 is 43.7 Å². The molecule has 0 unspecified atom stereocenters. The van der Waals surface area contributed by atoms with Crippen LogP contribution in [-0.2, 0) is 16.6 Å². The van der Waals surface area contributed by atoms with Crippen LogP contribution in [-0.4, -0.2) is 108 Å². The van der Waals surface area contributed by atoms with E-state index < -0.39 is 0 Å². The monoisotopic (exact) mass is 1130 g/mol. The van der Waals surface area contributed by atoms with Crippen LogP contribution in [0.3, 0.4) is 0 Å². The second-order valence-electron chi connectivity index (χ2n) is 20.6. The average Bonchev–Trinajstić information content (AvgIpc) is 4.32. The highest BCUT2D eigenvalue weighted by Gasteiger charge is 2.25. The molecule has 444 valence electrons. The van der Waals surface area contributed by atoms with Gasteiger partial charge in [0.05, 0.1) is 36.8 Å². The number of amides is 2. The molecule has 0 spiro atoms. The normalized spacial score (nSPS) is 13.6. The molecule has 2 amide bonds. The Morgan fingerprint density at radius 3 is 1.62 bits per heavy atom. The summed E-state index contributed by atoms with van der Waals surface area (Å²) in [6.45, 7) is 51.6. The van der Waals surface area contributed by atoms with Crippen LogP contribution in [0, 0.1) is 34.6 Å². The number of imidazole rings is 3. The van der Waals surface area contributed by atoms with Gasteiger partial charge in [0, 0.05) is 72.5 Å². The van der Waals surface area contributed by atoms with Crippen LogP contribution in [0.5, 0.6) is 0 Å². The third-order valence-corrected chi connectivity index (χ3v) is 12.5. The molecule has 3 aliphatic rings. The molecule has 0 saturated heterocycles. The molecule has 3 N–H and O–H groups in total. The van der Waals surface area contributed by atoms with Gasteiger partial charge in [-0.05, 0) is 136 Å². The van der Waals surface area contributed by atoms with Gasteiger partial charge in [0.2, 0.25) is 5.91 Å². The maximum Gasteiger partial charge on any atom is 0.279 e. The third-order valence-electron chi connectivity index (χ3n) is 12.5. The number of aryl methyl sites for hydroxylation is 6. The van der Waals surface area contributed by atoms with Crippen LogP contribution in [0.1, 0.15) is 182 Å². The van der Waals surface area contributed by atoms with Gasteiger partial charge in [-0.2, -0.15) is 0 Å². The Balaban J connectivity index is 0.000000255. The quantitative estimate of drug-likeness (QED) is 0.136. The first-order valence-electron chi connectivity index (χ1n) is 28.0. The van der Waals surface area contributed by atoms with E-state index in [2.05, 4.69) is 155 Å². The predicted octanol–water partition coefficient (Wildman–Crippen LogP) is 11.4. The molecule has 10 heterocycles. The van der Waals surface area contributed by atoms with Gasteiger partial charge >= 0.3 is 0 Å². The summed E-state index contributed by atoms with van der Waals surface area (Å²) in [7, 11) is 1.81. The summed E-state index contributed by atoms with van der Waals surface area (Å²) in [5.41, 5.74) is 9.15. The SMILES string of the molecule is C=C1N=C(C)C(C)=CN1C(C)C.C=C1NC(=O)c2ncn(C)c2N1.CC.CC.CC1=CN(C(C)C)C(=O)CC1=O.Cc1nc(C)c2ccn(C(C)C)c2n1.Cc1nc(C)c2ncn(C(C)C)c2n1.Cc1nc2c(ncn2C(C)C)c(=O)[nH]1. The van der Waals surface area contributed by atoms with E-state index in [0.717, 1.165) is 56.8 Å². The van der Waals surface area contributed by atoms with Gasteiger partial charge in [-0.15, -0.1) is 0 Å². The van der Waals surface area contributed by atoms with E-state index in [1.54, 1.807) is 42.2 Å². The van der Waals surface area contributed by atoms with Gasteiger partial charge in [0.1, 0.15) is 46.1 Å². The topological polar surface area (TPSA) is 250 Å². The lowest BCUT2D eigenvalue weighted by molar-refractivity contribution is -0.134. The highest BCUT2D eigenvalue weighted by atomic mass is 16.2. The molecular formula is C60H90N18O4. The molecule has 7 aromatic heterocycles. The molecule has 7 aromatic rings. The van der Waals surface area contributed by atoms with Crippen molar-refractivity contribution in [3.05, 3.63) is 124 Å². The van der Waals surface area contributed by atoms with Gasteiger partial charge in [0.15, 0.2) is 28.3 Å². The van der Waals surface area contributed by atoms with E-state index in [-0.39, 0.29) is 41.7 Å². The Hall–Kier alpha value is -8.43. The number of Topliss-reactive ketones (excluding diaryl/α,β-unsaturated/α-hetero) is 1. The van der Waals surface area contributed by atoms with Crippen LogP contribution in [0.4, 0.5) is 5.82 Å². The Morgan fingerprint density at radius 1 is 0.561 bits per heavy atom. The van der Waals surface area contributed by atoms with E-state index in [1.807, 2.05) is 108 Å². The number of aliphatic imine (C=N–C) groups is 1. The first kappa shape index (κ1) is 67.8. The minimum Gasteiger partial charge on any atom is -0.331 e. The molecule has 22 nitrogen and oxygen atoms in total. The summed E-state index contributed by atoms with van der Waals surface area (Å²) in [5, 5.41) is 6.60. The molecule has 0 aromatic carbocycles. The summed E-state index contributed by atoms with van der Waals surface area (Å²) in [6.07, 6.45) is 10.9. The zero-order chi connectivity index (χ0) is 62.2. The van der Waals surface area contributed by atoms with Crippen molar-refractivity contribution >= 4 is 62.5 Å². The van der Waals surface area contributed by atoms with E-state index in [4.69, 9.17) is 0 Å². The maximum absolute atomic E-state index is 11.5. The fourth-order valence-electron chi connectivity index (χ4n) is 8.16. The number of nitrogens with zero attached hydrogens (tertiary/aromatic N) is 15. The van der Waals surface area contributed by atoms with E-state index >= 15 is 0 Å². The van der Waals surface area contributed by atoms with E-state index in [9.17, 15) is 19.2 Å². The molecule has 0 aliphatic carbocycles. The summed E-state index contributed by atoms with van der Waals surface area (Å²) in [5.74, 6) is 3.90. The lowest BCUT2D eigenvalue weighted by Crippen LogP contribution is -2.37. The number of nitrogens with one attached hydrogen (secondary N) is 3. The molecule has 0 radical (unpaired) electrons. The number of H-pyrrole nitrogens is 1. The lowest BCUT2D eigenvalue weighted by Gasteiger charge is -2.28.